The molecule has 0 aromatic carbocycles. The molecule has 1 atom stereocenters. The summed E-state index contributed by atoms with van der Waals surface area (Å²) in [6.07, 6.45) is 0.531. The van der Waals surface area contributed by atoms with Gasteiger partial charge in [0.1, 0.15) is 5.60 Å². The predicted molar refractivity (Wildman–Crippen MR) is 109 cm³/mol. The number of hydrogen-bond donors (Lipinski definition) is 2. The third-order valence-electron chi connectivity index (χ3n) is 3.45. The second-order valence-electron chi connectivity index (χ2n) is 6.61. The van der Waals surface area contributed by atoms with E-state index in [1.54, 1.807) is 18.4 Å². The van der Waals surface area contributed by atoms with E-state index in [-0.39, 0.29) is 36.1 Å². The van der Waals surface area contributed by atoms with Crippen LogP contribution < -0.4 is 10.6 Å². The highest BCUT2D eigenvalue weighted by atomic mass is 127. The van der Waals surface area contributed by atoms with E-state index in [0.717, 1.165) is 32.0 Å². The summed E-state index contributed by atoms with van der Waals surface area (Å²) in [4.78, 5) is 18.3. The Hall–Kier alpha value is -1.03. The van der Waals surface area contributed by atoms with Crippen LogP contribution in [0.15, 0.2) is 21.8 Å². The van der Waals surface area contributed by atoms with Crippen molar-refractivity contribution in [3.63, 3.8) is 0 Å². The van der Waals surface area contributed by atoms with Gasteiger partial charge in [-0.05, 0) is 49.6 Å². The van der Waals surface area contributed by atoms with Gasteiger partial charge in [0, 0.05) is 26.7 Å². The molecule has 136 valence electrons. The molecule has 1 aliphatic rings. The summed E-state index contributed by atoms with van der Waals surface area (Å²) in [5.74, 6) is 0.865. The van der Waals surface area contributed by atoms with E-state index >= 15 is 0 Å². The Labute approximate surface area is 165 Å². The summed E-state index contributed by atoms with van der Waals surface area (Å²) in [5.41, 5.74) is 0.777. The number of nitrogens with zero attached hydrogens (tertiary/aromatic N) is 2. The number of carbonyl (C=O) groups excluding carboxylic acids is 1. The number of amides is 1. The van der Waals surface area contributed by atoms with Gasteiger partial charge in [0.05, 0.1) is 6.04 Å². The third kappa shape index (κ3) is 6.84. The molecule has 1 saturated heterocycles. The summed E-state index contributed by atoms with van der Waals surface area (Å²) in [6, 6.07) is 2.19. The second kappa shape index (κ2) is 9.45. The average Bonchev–Trinajstić information content (AvgIpc) is 3.09. The molecule has 1 amide bonds. The summed E-state index contributed by atoms with van der Waals surface area (Å²) in [6.45, 7) is 7.96. The molecule has 6 nitrogen and oxygen atoms in total. The molecule has 1 aliphatic heterocycles. The zero-order valence-electron chi connectivity index (χ0n) is 14.7. The van der Waals surface area contributed by atoms with Crippen LogP contribution in [0.2, 0.25) is 0 Å². The number of carbonyl (C=O) groups is 1. The molecule has 0 saturated carbocycles. The molecule has 0 aliphatic carbocycles. The first-order valence-corrected chi connectivity index (χ1v) is 8.78. The maximum absolute atomic E-state index is 11.8. The van der Waals surface area contributed by atoms with E-state index in [1.807, 2.05) is 20.8 Å². The van der Waals surface area contributed by atoms with E-state index in [1.165, 1.54) is 5.56 Å². The fraction of sp³-hybridized carbons (Fsp3) is 0.625. The van der Waals surface area contributed by atoms with Gasteiger partial charge < -0.3 is 20.3 Å². The molecule has 0 bridgehead atoms. The summed E-state index contributed by atoms with van der Waals surface area (Å²) < 4.78 is 5.30. The summed E-state index contributed by atoms with van der Waals surface area (Å²) in [7, 11) is 1.78. The van der Waals surface area contributed by atoms with Crippen LogP contribution in [0.1, 0.15) is 32.8 Å². The predicted octanol–water partition coefficient (Wildman–Crippen LogP) is 3.04. The maximum atomic E-state index is 11.8. The SMILES string of the molecule is CN=C(NCc1ccsc1)N1CCC(NC(=O)OC(C)(C)C)C1.I. The normalized spacial score (nSPS) is 18.1. The molecule has 2 heterocycles. The van der Waals surface area contributed by atoms with Crippen molar-refractivity contribution in [2.24, 2.45) is 4.99 Å². The van der Waals surface area contributed by atoms with Crippen molar-refractivity contribution in [3.8, 4) is 0 Å². The number of halogens is 1. The average molecular weight is 466 g/mol. The van der Waals surface area contributed by atoms with Gasteiger partial charge in [-0.15, -0.1) is 24.0 Å². The Bertz CT molecular complexity index is 543. The van der Waals surface area contributed by atoms with Gasteiger partial charge in [-0.3, -0.25) is 4.99 Å². The van der Waals surface area contributed by atoms with Gasteiger partial charge in [-0.25, -0.2) is 4.79 Å². The quantitative estimate of drug-likeness (QED) is 0.409. The lowest BCUT2D eigenvalue weighted by Crippen LogP contribution is -2.44. The van der Waals surface area contributed by atoms with Crippen LogP contribution in [-0.2, 0) is 11.3 Å². The molecule has 0 spiro atoms. The molecule has 2 rings (SSSR count). The zero-order chi connectivity index (χ0) is 16.9. The smallest absolute Gasteiger partial charge is 0.407 e. The number of aliphatic imine (C=N–C) groups is 1. The van der Waals surface area contributed by atoms with Crippen LogP contribution in [0.5, 0.6) is 0 Å². The zero-order valence-corrected chi connectivity index (χ0v) is 17.8. The van der Waals surface area contributed by atoms with Gasteiger partial charge >= 0.3 is 6.09 Å². The number of thiophene rings is 1. The number of ether oxygens (including phenoxy) is 1. The Morgan fingerprint density at radius 2 is 2.25 bits per heavy atom. The van der Waals surface area contributed by atoms with Crippen LogP contribution in [0, 0.1) is 0 Å². The minimum Gasteiger partial charge on any atom is -0.444 e. The van der Waals surface area contributed by atoms with E-state index in [2.05, 4.69) is 37.4 Å². The highest BCUT2D eigenvalue weighted by molar-refractivity contribution is 14.0. The highest BCUT2D eigenvalue weighted by Crippen LogP contribution is 2.12. The number of hydrogen-bond acceptors (Lipinski definition) is 4. The number of rotatable bonds is 3. The first-order chi connectivity index (χ1) is 10.9. The number of likely N-dealkylation sites (tertiary alicyclic amines) is 1. The molecule has 1 unspecified atom stereocenters. The molecule has 1 aromatic heterocycles. The van der Waals surface area contributed by atoms with Crippen LogP contribution in [0.25, 0.3) is 0 Å². The van der Waals surface area contributed by atoms with Crippen molar-refractivity contribution in [2.45, 2.75) is 45.4 Å². The number of nitrogens with one attached hydrogen (secondary N) is 2. The first-order valence-electron chi connectivity index (χ1n) is 7.83. The van der Waals surface area contributed by atoms with Crippen LogP contribution in [-0.4, -0.2) is 48.7 Å². The molecule has 1 aromatic rings. The van der Waals surface area contributed by atoms with Crippen molar-refractivity contribution in [1.29, 1.82) is 0 Å². The van der Waals surface area contributed by atoms with Gasteiger partial charge in [0.2, 0.25) is 0 Å². The van der Waals surface area contributed by atoms with Gasteiger partial charge in [0.15, 0.2) is 5.96 Å². The van der Waals surface area contributed by atoms with Crippen LogP contribution in [0.3, 0.4) is 0 Å². The summed E-state index contributed by atoms with van der Waals surface area (Å²) in [5, 5.41) is 10.5. The topological polar surface area (TPSA) is 66.0 Å². The minimum atomic E-state index is -0.472. The minimum absolute atomic E-state index is 0. The summed E-state index contributed by atoms with van der Waals surface area (Å²) >= 11 is 1.69. The van der Waals surface area contributed by atoms with Crippen molar-refractivity contribution in [2.75, 3.05) is 20.1 Å². The van der Waals surface area contributed by atoms with Crippen molar-refractivity contribution < 1.29 is 9.53 Å². The third-order valence-corrected chi connectivity index (χ3v) is 4.18. The Morgan fingerprint density at radius 1 is 1.50 bits per heavy atom. The fourth-order valence-corrected chi connectivity index (χ4v) is 3.12. The molecule has 2 N–H and O–H groups in total. The number of alkyl carbamates (subject to hydrolysis) is 1. The molecule has 1 fully saturated rings. The first kappa shape index (κ1) is 21.0. The molecule has 24 heavy (non-hydrogen) atoms. The lowest BCUT2D eigenvalue weighted by molar-refractivity contribution is 0.0507. The molecular weight excluding hydrogens is 439 g/mol. The van der Waals surface area contributed by atoms with E-state index in [4.69, 9.17) is 4.74 Å². The lowest BCUT2D eigenvalue weighted by atomic mass is 10.2. The van der Waals surface area contributed by atoms with Gasteiger partial charge in [-0.2, -0.15) is 11.3 Å². The van der Waals surface area contributed by atoms with Crippen LogP contribution >= 0.6 is 35.3 Å². The van der Waals surface area contributed by atoms with E-state index in [0.29, 0.717) is 0 Å². The van der Waals surface area contributed by atoms with Crippen molar-refractivity contribution >= 4 is 47.4 Å². The van der Waals surface area contributed by atoms with E-state index in [9.17, 15) is 4.79 Å². The largest absolute Gasteiger partial charge is 0.444 e. The monoisotopic (exact) mass is 466 g/mol. The van der Waals surface area contributed by atoms with Crippen molar-refractivity contribution in [1.82, 2.24) is 15.5 Å². The van der Waals surface area contributed by atoms with Gasteiger partial charge in [-0.1, -0.05) is 0 Å². The Balaban J connectivity index is 0.00000288. The Morgan fingerprint density at radius 3 is 2.83 bits per heavy atom. The standard InChI is InChI=1S/C16H26N4O2S.HI/c1-16(2,3)22-15(21)19-13-5-7-20(10-13)14(17-4)18-9-12-6-8-23-11-12;/h6,8,11,13H,5,7,9-10H2,1-4H3,(H,17,18)(H,19,21);1H. The molecular formula is C16H27IN4O2S. The number of guanidine groups is 1. The lowest BCUT2D eigenvalue weighted by Gasteiger charge is -2.23. The molecule has 8 heteroatoms. The van der Waals surface area contributed by atoms with Gasteiger partial charge in [0.25, 0.3) is 0 Å². The molecule has 0 radical (unpaired) electrons. The Kier molecular flexibility index (Phi) is 8.28. The maximum Gasteiger partial charge on any atom is 0.407 e. The van der Waals surface area contributed by atoms with E-state index < -0.39 is 5.60 Å². The second-order valence-corrected chi connectivity index (χ2v) is 7.39. The fourth-order valence-electron chi connectivity index (χ4n) is 2.45. The van der Waals surface area contributed by atoms with Crippen LogP contribution in [0.4, 0.5) is 4.79 Å². The highest BCUT2D eigenvalue weighted by Gasteiger charge is 2.27. The van der Waals surface area contributed by atoms with Crippen molar-refractivity contribution in [3.05, 3.63) is 22.4 Å².